The quantitative estimate of drug-likeness (QED) is 0.781. The van der Waals surface area contributed by atoms with E-state index in [0.29, 0.717) is 6.42 Å². The Labute approximate surface area is 149 Å². The largest absolute Gasteiger partial charge is 0.346 e. The van der Waals surface area contributed by atoms with Crippen molar-refractivity contribution in [2.24, 2.45) is 0 Å². The molecule has 24 heavy (non-hydrogen) atoms. The molecule has 1 N–H and O–H groups in total. The Balaban J connectivity index is 1.67. The van der Waals surface area contributed by atoms with Gasteiger partial charge in [-0.15, -0.1) is 0 Å². The molecule has 0 saturated heterocycles. The van der Waals surface area contributed by atoms with Gasteiger partial charge >= 0.3 is 0 Å². The number of aromatic nitrogens is 2. The number of hydrogen-bond acceptors (Lipinski definition) is 2. The zero-order valence-corrected chi connectivity index (χ0v) is 15.5. The fourth-order valence-corrected chi connectivity index (χ4v) is 2.97. The van der Waals surface area contributed by atoms with Crippen LogP contribution in [-0.2, 0) is 17.6 Å². The van der Waals surface area contributed by atoms with Gasteiger partial charge in [-0.1, -0.05) is 23.7 Å². The number of aryl methyl sites for hydroxylation is 3. The highest BCUT2D eigenvalue weighted by molar-refractivity contribution is 6.30. The van der Waals surface area contributed by atoms with Gasteiger partial charge < -0.3 is 4.90 Å². The molecule has 1 heterocycles. The molecule has 0 spiro atoms. The lowest BCUT2D eigenvalue weighted by Crippen LogP contribution is -2.27. The van der Waals surface area contributed by atoms with Crippen LogP contribution in [0.25, 0.3) is 0 Å². The Hall–Kier alpha value is -1.81. The normalized spacial score (nSPS) is 10.8. The number of benzene rings is 1. The second kappa shape index (κ2) is 8.88. The van der Waals surface area contributed by atoms with Crippen LogP contribution in [0, 0.1) is 13.8 Å². The second-order valence-electron chi connectivity index (χ2n) is 6.31. The summed E-state index contributed by atoms with van der Waals surface area (Å²) in [7, 11) is 1.89. The minimum atomic E-state index is 0.213. The van der Waals surface area contributed by atoms with Crippen LogP contribution in [0.3, 0.4) is 0 Å². The molecular weight excluding hydrogens is 322 g/mol. The van der Waals surface area contributed by atoms with Gasteiger partial charge in [0.1, 0.15) is 0 Å². The molecule has 0 unspecified atom stereocenters. The summed E-state index contributed by atoms with van der Waals surface area (Å²) in [6, 6.07) is 7.83. The average Bonchev–Trinajstić information content (AvgIpc) is 2.88. The third-order valence-electron chi connectivity index (χ3n) is 4.40. The molecule has 1 amide bonds. The molecule has 1 aromatic carbocycles. The van der Waals surface area contributed by atoms with Crippen LogP contribution in [0.15, 0.2) is 24.3 Å². The van der Waals surface area contributed by atoms with E-state index in [1.807, 2.05) is 50.1 Å². The summed E-state index contributed by atoms with van der Waals surface area (Å²) in [6.07, 6.45) is 4.27. The number of nitrogens with one attached hydrogen (secondary N) is 1. The molecule has 0 atom stereocenters. The molecular formula is C19H26ClN3O. The Bertz CT molecular complexity index is 644. The van der Waals surface area contributed by atoms with Gasteiger partial charge in [-0.3, -0.25) is 9.89 Å². The highest BCUT2D eigenvalue weighted by Crippen LogP contribution is 2.13. The summed E-state index contributed by atoms with van der Waals surface area (Å²) in [5.74, 6) is 0.213. The SMILES string of the molecule is Cc1n[nH]c(C)c1CCCN(C)C(=O)CCCc1ccc(Cl)cc1. The maximum Gasteiger partial charge on any atom is 0.222 e. The molecule has 0 saturated carbocycles. The van der Waals surface area contributed by atoms with Crippen molar-refractivity contribution >= 4 is 17.5 Å². The molecule has 0 radical (unpaired) electrons. The summed E-state index contributed by atoms with van der Waals surface area (Å²) in [5.41, 5.74) is 4.69. The lowest BCUT2D eigenvalue weighted by atomic mass is 10.1. The molecule has 0 fully saturated rings. The van der Waals surface area contributed by atoms with Gasteiger partial charge in [0.2, 0.25) is 5.91 Å². The minimum Gasteiger partial charge on any atom is -0.346 e. The van der Waals surface area contributed by atoms with Crippen molar-refractivity contribution in [1.82, 2.24) is 15.1 Å². The zero-order valence-electron chi connectivity index (χ0n) is 14.7. The van der Waals surface area contributed by atoms with Crippen LogP contribution in [0.5, 0.6) is 0 Å². The zero-order chi connectivity index (χ0) is 17.5. The number of aromatic amines is 1. The molecule has 5 heteroatoms. The smallest absolute Gasteiger partial charge is 0.222 e. The number of rotatable bonds is 8. The fourth-order valence-electron chi connectivity index (χ4n) is 2.85. The van der Waals surface area contributed by atoms with Crippen molar-refractivity contribution in [2.45, 2.75) is 46.0 Å². The molecule has 0 aliphatic carbocycles. The highest BCUT2D eigenvalue weighted by atomic mass is 35.5. The minimum absolute atomic E-state index is 0.213. The number of amides is 1. The molecule has 1 aromatic heterocycles. The van der Waals surface area contributed by atoms with Crippen molar-refractivity contribution in [3.63, 3.8) is 0 Å². The second-order valence-corrected chi connectivity index (χ2v) is 6.75. The average molecular weight is 348 g/mol. The maximum absolute atomic E-state index is 12.2. The first kappa shape index (κ1) is 18.5. The number of nitrogens with zero attached hydrogens (tertiary/aromatic N) is 2. The van der Waals surface area contributed by atoms with Gasteiger partial charge in [0, 0.05) is 30.7 Å². The topological polar surface area (TPSA) is 49.0 Å². The fraction of sp³-hybridized carbons (Fsp3) is 0.474. The van der Waals surface area contributed by atoms with Gasteiger partial charge in [-0.25, -0.2) is 0 Å². The van der Waals surface area contributed by atoms with E-state index >= 15 is 0 Å². The molecule has 4 nitrogen and oxygen atoms in total. The first-order valence-electron chi connectivity index (χ1n) is 8.46. The van der Waals surface area contributed by atoms with E-state index in [4.69, 9.17) is 11.6 Å². The van der Waals surface area contributed by atoms with Gasteiger partial charge in [0.05, 0.1) is 5.69 Å². The number of carbonyl (C=O) groups excluding carboxylic acids is 1. The number of hydrogen-bond donors (Lipinski definition) is 1. The third kappa shape index (κ3) is 5.38. The van der Waals surface area contributed by atoms with E-state index in [0.717, 1.165) is 48.6 Å². The first-order valence-corrected chi connectivity index (χ1v) is 8.84. The number of H-pyrrole nitrogens is 1. The van der Waals surface area contributed by atoms with Crippen LogP contribution < -0.4 is 0 Å². The Morgan fingerprint density at radius 2 is 1.88 bits per heavy atom. The van der Waals surface area contributed by atoms with E-state index in [2.05, 4.69) is 10.2 Å². The standard InChI is InChI=1S/C19H26ClN3O/c1-14-18(15(2)22-21-14)7-5-13-23(3)19(24)8-4-6-16-9-11-17(20)12-10-16/h9-12H,4-8,13H2,1-3H3,(H,21,22). The molecule has 0 aliphatic heterocycles. The summed E-state index contributed by atoms with van der Waals surface area (Å²) in [4.78, 5) is 14.0. The molecule has 130 valence electrons. The summed E-state index contributed by atoms with van der Waals surface area (Å²) < 4.78 is 0. The van der Waals surface area contributed by atoms with E-state index in [1.165, 1.54) is 11.1 Å². The lowest BCUT2D eigenvalue weighted by molar-refractivity contribution is -0.130. The molecule has 2 aromatic rings. The van der Waals surface area contributed by atoms with Gasteiger partial charge in [-0.05, 0) is 62.8 Å². The maximum atomic E-state index is 12.2. The molecule has 0 bridgehead atoms. The van der Waals surface area contributed by atoms with Gasteiger partial charge in [0.15, 0.2) is 0 Å². The number of carbonyl (C=O) groups is 1. The van der Waals surface area contributed by atoms with Crippen molar-refractivity contribution < 1.29 is 4.79 Å². The summed E-state index contributed by atoms with van der Waals surface area (Å²) >= 11 is 5.88. The summed E-state index contributed by atoms with van der Waals surface area (Å²) in [6.45, 7) is 4.84. The van der Waals surface area contributed by atoms with Crippen LogP contribution in [0.2, 0.25) is 5.02 Å². The Kier molecular flexibility index (Phi) is 6.85. The molecule has 0 aliphatic rings. The van der Waals surface area contributed by atoms with Crippen LogP contribution in [0.4, 0.5) is 0 Å². The van der Waals surface area contributed by atoms with Crippen LogP contribution in [0.1, 0.15) is 41.8 Å². The van der Waals surface area contributed by atoms with E-state index in [-0.39, 0.29) is 5.91 Å². The Morgan fingerprint density at radius 1 is 1.17 bits per heavy atom. The van der Waals surface area contributed by atoms with Crippen molar-refractivity contribution in [3.8, 4) is 0 Å². The van der Waals surface area contributed by atoms with Crippen LogP contribution >= 0.6 is 11.6 Å². The predicted octanol–water partition coefficient (Wildman–Crippen LogP) is 4.09. The first-order chi connectivity index (χ1) is 11.5. The van der Waals surface area contributed by atoms with Gasteiger partial charge in [0.25, 0.3) is 0 Å². The highest BCUT2D eigenvalue weighted by Gasteiger charge is 2.10. The van der Waals surface area contributed by atoms with Gasteiger partial charge in [-0.2, -0.15) is 5.10 Å². The van der Waals surface area contributed by atoms with E-state index < -0.39 is 0 Å². The van der Waals surface area contributed by atoms with Crippen molar-refractivity contribution in [2.75, 3.05) is 13.6 Å². The monoisotopic (exact) mass is 347 g/mol. The molecule has 2 rings (SSSR count). The predicted molar refractivity (Wildman–Crippen MR) is 98.4 cm³/mol. The van der Waals surface area contributed by atoms with Crippen molar-refractivity contribution in [1.29, 1.82) is 0 Å². The Morgan fingerprint density at radius 3 is 2.50 bits per heavy atom. The van der Waals surface area contributed by atoms with Crippen LogP contribution in [-0.4, -0.2) is 34.6 Å². The summed E-state index contributed by atoms with van der Waals surface area (Å²) in [5, 5.41) is 7.96. The van der Waals surface area contributed by atoms with Crippen molar-refractivity contribution in [3.05, 3.63) is 51.8 Å². The van der Waals surface area contributed by atoms with E-state index in [9.17, 15) is 4.79 Å². The third-order valence-corrected chi connectivity index (χ3v) is 4.65. The van der Waals surface area contributed by atoms with E-state index in [1.54, 1.807) is 0 Å². The number of halogens is 1. The lowest BCUT2D eigenvalue weighted by Gasteiger charge is -2.17.